The van der Waals surface area contributed by atoms with E-state index in [0.717, 1.165) is 11.3 Å². The van der Waals surface area contributed by atoms with Crippen LogP contribution in [0.25, 0.3) is 50.3 Å². The minimum atomic E-state index is -0.624. The number of nitrogens with zero attached hydrogens (tertiary/aromatic N) is 3. The Morgan fingerprint density at radius 1 is 0.735 bits per heavy atom. The summed E-state index contributed by atoms with van der Waals surface area (Å²) >= 11 is 0. The van der Waals surface area contributed by atoms with Gasteiger partial charge in [0.1, 0.15) is 17.2 Å². The van der Waals surface area contributed by atoms with Crippen molar-refractivity contribution < 1.29 is 13.2 Å². The molecule has 0 unspecified atom stereocenters. The fraction of sp³-hybridized carbons (Fsp3) is 0. The molecule has 3 heterocycles. The van der Waals surface area contributed by atoms with E-state index in [-0.39, 0.29) is 11.1 Å². The van der Waals surface area contributed by atoms with Gasteiger partial charge in [0.25, 0.3) is 0 Å². The van der Waals surface area contributed by atoms with Crippen LogP contribution in [0.3, 0.4) is 0 Å². The van der Waals surface area contributed by atoms with Crippen LogP contribution in [0.1, 0.15) is 0 Å². The van der Waals surface area contributed by atoms with E-state index >= 15 is 0 Å². The van der Waals surface area contributed by atoms with E-state index in [2.05, 4.69) is 5.10 Å². The summed E-state index contributed by atoms with van der Waals surface area (Å²) in [6.07, 6.45) is 1.73. The van der Waals surface area contributed by atoms with Crippen molar-refractivity contribution >= 4 is 16.6 Å². The van der Waals surface area contributed by atoms with Gasteiger partial charge in [0.15, 0.2) is 5.65 Å². The lowest BCUT2D eigenvalue weighted by molar-refractivity contribution is 0.561. The molecule has 164 valence electrons. The van der Waals surface area contributed by atoms with Gasteiger partial charge < -0.3 is 4.42 Å². The van der Waals surface area contributed by atoms with Crippen molar-refractivity contribution in [2.24, 2.45) is 0 Å². The molecule has 0 bridgehead atoms. The van der Waals surface area contributed by atoms with Crippen LogP contribution in [-0.2, 0) is 0 Å². The van der Waals surface area contributed by atoms with Crippen molar-refractivity contribution in [3.05, 3.63) is 113 Å². The first-order valence-electron chi connectivity index (χ1n) is 10.5. The predicted molar refractivity (Wildman–Crippen MR) is 125 cm³/mol. The Balaban J connectivity index is 1.64. The van der Waals surface area contributed by atoms with Gasteiger partial charge in [0, 0.05) is 28.8 Å². The fourth-order valence-corrected chi connectivity index (χ4v) is 4.09. The van der Waals surface area contributed by atoms with Crippen molar-refractivity contribution in [1.82, 2.24) is 14.6 Å². The maximum Gasteiger partial charge on any atom is 0.344 e. The van der Waals surface area contributed by atoms with E-state index in [1.807, 2.05) is 36.4 Å². The third-order valence-electron chi connectivity index (χ3n) is 5.65. The van der Waals surface area contributed by atoms with Crippen LogP contribution in [0, 0.1) is 11.6 Å². The van der Waals surface area contributed by atoms with E-state index < -0.39 is 17.3 Å². The molecule has 0 atom stereocenters. The molecule has 0 N–H and O–H groups in total. The van der Waals surface area contributed by atoms with Gasteiger partial charge in [-0.1, -0.05) is 42.5 Å². The maximum absolute atomic E-state index is 14.3. The van der Waals surface area contributed by atoms with Crippen molar-refractivity contribution in [3.63, 3.8) is 0 Å². The van der Waals surface area contributed by atoms with Crippen LogP contribution in [0.4, 0.5) is 8.78 Å². The van der Waals surface area contributed by atoms with Crippen LogP contribution in [0.15, 0.2) is 100 Å². The monoisotopic (exact) mass is 451 g/mol. The average molecular weight is 451 g/mol. The number of rotatable bonds is 3. The molecule has 0 amide bonds. The van der Waals surface area contributed by atoms with E-state index in [1.165, 1.54) is 42.5 Å². The van der Waals surface area contributed by atoms with Crippen LogP contribution in [0.5, 0.6) is 0 Å². The zero-order valence-corrected chi connectivity index (χ0v) is 17.6. The molecule has 0 radical (unpaired) electrons. The molecule has 0 aliphatic carbocycles. The van der Waals surface area contributed by atoms with E-state index in [1.54, 1.807) is 16.8 Å². The molecule has 0 aliphatic rings. The van der Waals surface area contributed by atoms with Gasteiger partial charge in [-0.3, -0.25) is 0 Å². The molecule has 0 saturated carbocycles. The third kappa shape index (κ3) is 3.34. The Morgan fingerprint density at radius 3 is 2.29 bits per heavy atom. The normalized spacial score (nSPS) is 11.4. The third-order valence-corrected chi connectivity index (χ3v) is 5.65. The quantitative estimate of drug-likeness (QED) is 0.305. The summed E-state index contributed by atoms with van der Waals surface area (Å²) in [5.74, 6) is -0.918. The summed E-state index contributed by atoms with van der Waals surface area (Å²) in [6, 6.07) is 22.7. The van der Waals surface area contributed by atoms with Crippen molar-refractivity contribution in [2.75, 3.05) is 0 Å². The van der Waals surface area contributed by atoms with Gasteiger partial charge in [-0.25, -0.2) is 23.1 Å². The summed E-state index contributed by atoms with van der Waals surface area (Å²) < 4.78 is 35.0. The summed E-state index contributed by atoms with van der Waals surface area (Å²) in [6.45, 7) is 0. The van der Waals surface area contributed by atoms with Gasteiger partial charge in [-0.15, -0.1) is 0 Å². The predicted octanol–water partition coefficient (Wildman–Crippen LogP) is 6.11. The molecule has 0 aliphatic heterocycles. The molecular weight excluding hydrogens is 436 g/mol. The van der Waals surface area contributed by atoms with Gasteiger partial charge >= 0.3 is 5.63 Å². The Morgan fingerprint density at radius 2 is 1.50 bits per heavy atom. The molecule has 0 fully saturated rings. The smallest absolute Gasteiger partial charge is 0.344 e. The molecule has 6 rings (SSSR count). The van der Waals surface area contributed by atoms with E-state index in [0.29, 0.717) is 27.9 Å². The molecule has 5 nitrogen and oxygen atoms in total. The SMILES string of the molecule is O=c1oc2ccc(F)cc2c(-c2ccn3nc(-c4ccccc4)cc3n2)c1-c1ccc(F)cc1. The summed E-state index contributed by atoms with van der Waals surface area (Å²) in [5.41, 5.74) is 3.31. The molecule has 34 heavy (non-hydrogen) atoms. The van der Waals surface area contributed by atoms with E-state index in [4.69, 9.17) is 9.40 Å². The number of aromatic nitrogens is 3. The lowest BCUT2D eigenvalue weighted by atomic mass is 9.96. The van der Waals surface area contributed by atoms with Crippen LogP contribution in [-0.4, -0.2) is 14.6 Å². The first-order chi connectivity index (χ1) is 16.6. The first kappa shape index (κ1) is 20.0. The minimum Gasteiger partial charge on any atom is -0.422 e. The fourth-order valence-electron chi connectivity index (χ4n) is 4.09. The second kappa shape index (κ2) is 7.74. The summed E-state index contributed by atoms with van der Waals surface area (Å²) in [7, 11) is 0. The largest absolute Gasteiger partial charge is 0.422 e. The van der Waals surface area contributed by atoms with Gasteiger partial charge in [-0.2, -0.15) is 5.10 Å². The highest BCUT2D eigenvalue weighted by molar-refractivity contribution is 6.00. The molecule has 6 aromatic rings. The number of benzene rings is 3. The van der Waals surface area contributed by atoms with Crippen molar-refractivity contribution in [2.45, 2.75) is 0 Å². The lowest BCUT2D eigenvalue weighted by Crippen LogP contribution is -2.07. The molecule has 0 saturated heterocycles. The number of hydrogen-bond donors (Lipinski definition) is 0. The second-order valence-corrected chi connectivity index (χ2v) is 7.80. The highest BCUT2D eigenvalue weighted by Crippen LogP contribution is 2.35. The van der Waals surface area contributed by atoms with Gasteiger partial charge in [0.05, 0.1) is 17.0 Å². The standard InChI is InChI=1S/C27H15F2N3O2/c28-18-8-6-17(7-9-18)25-26(20-14-19(29)10-11-23(20)34-27(25)33)21-12-13-32-24(30-21)15-22(31-32)16-4-2-1-3-5-16/h1-15H. The van der Waals surface area contributed by atoms with Crippen LogP contribution < -0.4 is 5.63 Å². The van der Waals surface area contributed by atoms with Crippen molar-refractivity contribution in [3.8, 4) is 33.6 Å². The summed E-state index contributed by atoms with van der Waals surface area (Å²) in [4.78, 5) is 17.8. The number of hydrogen-bond acceptors (Lipinski definition) is 4. The maximum atomic E-state index is 14.3. The Kier molecular flexibility index (Phi) is 4.55. The zero-order valence-electron chi connectivity index (χ0n) is 17.6. The molecule has 3 aromatic heterocycles. The molecular formula is C27H15F2N3O2. The van der Waals surface area contributed by atoms with E-state index in [9.17, 15) is 13.6 Å². The Hall–Kier alpha value is -4.65. The lowest BCUT2D eigenvalue weighted by Gasteiger charge is -2.12. The van der Waals surface area contributed by atoms with Crippen LogP contribution in [0.2, 0.25) is 0 Å². The Labute approximate surface area is 191 Å². The highest BCUT2D eigenvalue weighted by Gasteiger charge is 2.20. The zero-order chi connectivity index (χ0) is 23.2. The first-order valence-corrected chi connectivity index (χ1v) is 10.5. The number of fused-ring (bicyclic) bond motifs is 2. The Bertz CT molecular complexity index is 1740. The second-order valence-electron chi connectivity index (χ2n) is 7.80. The average Bonchev–Trinajstić information content (AvgIpc) is 3.28. The topological polar surface area (TPSA) is 60.4 Å². The number of halogens is 2. The van der Waals surface area contributed by atoms with Crippen molar-refractivity contribution in [1.29, 1.82) is 0 Å². The molecule has 7 heteroatoms. The molecule has 3 aromatic carbocycles. The highest BCUT2D eigenvalue weighted by atomic mass is 19.1. The molecule has 0 spiro atoms. The van der Waals surface area contributed by atoms with Gasteiger partial charge in [0.2, 0.25) is 0 Å². The van der Waals surface area contributed by atoms with Gasteiger partial charge in [-0.05, 0) is 42.0 Å². The summed E-state index contributed by atoms with van der Waals surface area (Å²) in [5, 5.41) is 4.96. The van der Waals surface area contributed by atoms with Crippen LogP contribution >= 0.6 is 0 Å². The minimum absolute atomic E-state index is 0.178.